The van der Waals surface area contributed by atoms with Gasteiger partial charge in [0.25, 0.3) is 5.91 Å². The molecule has 0 aromatic heterocycles. The summed E-state index contributed by atoms with van der Waals surface area (Å²) in [5.74, 6) is -0.693. The molecule has 0 radical (unpaired) electrons. The molecule has 136 valence electrons. The highest BCUT2D eigenvalue weighted by atomic mass is 16.5. The Labute approximate surface area is 151 Å². The van der Waals surface area contributed by atoms with Crippen LogP contribution in [0.3, 0.4) is 0 Å². The summed E-state index contributed by atoms with van der Waals surface area (Å²) in [7, 11) is 1.30. The van der Waals surface area contributed by atoms with Crippen molar-refractivity contribution in [1.82, 2.24) is 10.6 Å². The molecule has 7 nitrogen and oxygen atoms in total. The normalized spacial score (nSPS) is 11.2. The standard InChI is InChI=1S/C19H20N2O5/c1-3-20-19(24)21-17(22)16(13-7-5-4-6-8-13)26-15-11-9-14(10-12-15)18(23)25-2/h4-12,16H,3H2,1-2H3,(H2,20,21,22,24)/t16-/m1/s1. The maximum Gasteiger partial charge on any atom is 0.337 e. The van der Waals surface area contributed by atoms with Crippen LogP contribution in [0.15, 0.2) is 54.6 Å². The SMILES string of the molecule is CCNC(=O)NC(=O)[C@H](Oc1ccc(C(=O)OC)cc1)c1ccccc1. The van der Waals surface area contributed by atoms with Gasteiger partial charge in [-0.25, -0.2) is 9.59 Å². The Bertz CT molecular complexity index is 759. The van der Waals surface area contributed by atoms with Crippen LogP contribution in [0.5, 0.6) is 5.75 Å². The first kappa shape index (κ1) is 19.0. The second-order valence-corrected chi connectivity index (χ2v) is 5.27. The summed E-state index contributed by atoms with van der Waals surface area (Å²) in [6, 6.07) is 14.4. The van der Waals surface area contributed by atoms with Gasteiger partial charge in [0, 0.05) is 12.1 Å². The highest BCUT2D eigenvalue weighted by molar-refractivity contribution is 5.97. The molecule has 1 atom stereocenters. The number of carbonyl (C=O) groups is 3. The Hall–Kier alpha value is -3.35. The lowest BCUT2D eigenvalue weighted by molar-refractivity contribution is -0.127. The number of carbonyl (C=O) groups excluding carboxylic acids is 3. The number of urea groups is 1. The molecule has 2 aromatic rings. The molecule has 0 bridgehead atoms. The van der Waals surface area contributed by atoms with Gasteiger partial charge in [-0.3, -0.25) is 10.1 Å². The summed E-state index contributed by atoms with van der Waals surface area (Å²) < 4.78 is 10.4. The molecule has 0 aliphatic carbocycles. The zero-order valence-electron chi connectivity index (χ0n) is 14.5. The quantitative estimate of drug-likeness (QED) is 0.776. The van der Waals surface area contributed by atoms with Crippen LogP contribution >= 0.6 is 0 Å². The van der Waals surface area contributed by atoms with E-state index in [1.165, 1.54) is 19.2 Å². The molecule has 2 aromatic carbocycles. The molecule has 2 N–H and O–H groups in total. The maximum absolute atomic E-state index is 12.5. The predicted molar refractivity (Wildman–Crippen MR) is 94.8 cm³/mol. The highest BCUT2D eigenvalue weighted by Crippen LogP contribution is 2.23. The van der Waals surface area contributed by atoms with Crippen LogP contribution in [-0.2, 0) is 9.53 Å². The van der Waals surface area contributed by atoms with E-state index in [1.54, 1.807) is 43.3 Å². The minimum absolute atomic E-state index is 0.364. The average Bonchev–Trinajstić information content (AvgIpc) is 2.66. The van der Waals surface area contributed by atoms with Crippen molar-refractivity contribution in [2.24, 2.45) is 0 Å². The summed E-state index contributed by atoms with van der Waals surface area (Å²) in [4.78, 5) is 35.6. The number of methoxy groups -OCH3 is 1. The minimum Gasteiger partial charge on any atom is -0.476 e. The fourth-order valence-corrected chi connectivity index (χ4v) is 2.21. The Morgan fingerprint density at radius 2 is 1.65 bits per heavy atom. The topological polar surface area (TPSA) is 93.7 Å². The van der Waals surface area contributed by atoms with Crippen molar-refractivity contribution in [1.29, 1.82) is 0 Å². The summed E-state index contributed by atoms with van der Waals surface area (Å²) >= 11 is 0. The number of hydrogen-bond acceptors (Lipinski definition) is 5. The van der Waals surface area contributed by atoms with Crippen LogP contribution in [0.2, 0.25) is 0 Å². The van der Waals surface area contributed by atoms with E-state index < -0.39 is 24.0 Å². The Balaban J connectivity index is 2.20. The summed E-state index contributed by atoms with van der Waals surface area (Å²) in [5.41, 5.74) is 0.953. The molecule has 0 saturated heterocycles. The van der Waals surface area contributed by atoms with Crippen molar-refractivity contribution in [2.75, 3.05) is 13.7 Å². The van der Waals surface area contributed by atoms with Crippen LogP contribution < -0.4 is 15.4 Å². The maximum atomic E-state index is 12.5. The van der Waals surface area contributed by atoms with E-state index in [0.29, 0.717) is 23.4 Å². The first-order chi connectivity index (χ1) is 12.5. The van der Waals surface area contributed by atoms with Crippen LogP contribution in [0.25, 0.3) is 0 Å². The zero-order chi connectivity index (χ0) is 18.9. The molecular weight excluding hydrogens is 336 g/mol. The number of nitrogens with one attached hydrogen (secondary N) is 2. The van der Waals surface area contributed by atoms with Gasteiger partial charge < -0.3 is 14.8 Å². The number of esters is 1. The Morgan fingerprint density at radius 1 is 1.00 bits per heavy atom. The lowest BCUT2D eigenvalue weighted by Crippen LogP contribution is -2.42. The van der Waals surface area contributed by atoms with Gasteiger partial charge in [0.15, 0.2) is 0 Å². The second kappa shape index (κ2) is 9.22. The summed E-state index contributed by atoms with van der Waals surface area (Å²) in [5, 5.41) is 4.75. The first-order valence-corrected chi connectivity index (χ1v) is 8.03. The number of hydrogen-bond donors (Lipinski definition) is 2. The third-order valence-corrected chi connectivity index (χ3v) is 3.44. The van der Waals surface area contributed by atoms with Crippen LogP contribution in [-0.4, -0.2) is 31.6 Å². The van der Waals surface area contributed by atoms with Gasteiger partial charge in [0.05, 0.1) is 12.7 Å². The van der Waals surface area contributed by atoms with E-state index in [1.807, 2.05) is 6.07 Å². The van der Waals surface area contributed by atoms with E-state index in [0.717, 1.165) is 0 Å². The monoisotopic (exact) mass is 356 g/mol. The number of imide groups is 1. The van der Waals surface area contributed by atoms with Gasteiger partial charge in [0.2, 0.25) is 6.10 Å². The fraction of sp³-hybridized carbons (Fsp3) is 0.211. The molecule has 3 amide bonds. The van der Waals surface area contributed by atoms with Crippen molar-refractivity contribution >= 4 is 17.9 Å². The van der Waals surface area contributed by atoms with E-state index in [2.05, 4.69) is 15.4 Å². The van der Waals surface area contributed by atoms with Crippen LogP contribution in [0.1, 0.15) is 28.9 Å². The third kappa shape index (κ3) is 5.07. The lowest BCUT2D eigenvalue weighted by atomic mass is 10.1. The van der Waals surface area contributed by atoms with Crippen molar-refractivity contribution in [3.8, 4) is 5.75 Å². The largest absolute Gasteiger partial charge is 0.476 e. The molecule has 0 fully saturated rings. The molecule has 26 heavy (non-hydrogen) atoms. The minimum atomic E-state index is -1.03. The van der Waals surface area contributed by atoms with E-state index in [-0.39, 0.29) is 0 Å². The van der Waals surface area contributed by atoms with Gasteiger partial charge in [-0.1, -0.05) is 30.3 Å². The van der Waals surface area contributed by atoms with E-state index in [9.17, 15) is 14.4 Å². The molecule has 0 aliphatic rings. The highest BCUT2D eigenvalue weighted by Gasteiger charge is 2.24. The predicted octanol–water partition coefficient (Wildman–Crippen LogP) is 2.44. The van der Waals surface area contributed by atoms with Crippen molar-refractivity contribution < 1.29 is 23.9 Å². The number of amides is 3. The molecule has 0 aliphatic heterocycles. The van der Waals surface area contributed by atoms with Crippen LogP contribution in [0, 0.1) is 0 Å². The van der Waals surface area contributed by atoms with E-state index in [4.69, 9.17) is 4.74 Å². The summed E-state index contributed by atoms with van der Waals surface area (Å²) in [6.07, 6.45) is -1.03. The molecule has 0 saturated carbocycles. The van der Waals surface area contributed by atoms with Gasteiger partial charge in [-0.15, -0.1) is 0 Å². The smallest absolute Gasteiger partial charge is 0.337 e. The van der Waals surface area contributed by atoms with Crippen molar-refractivity contribution in [2.45, 2.75) is 13.0 Å². The van der Waals surface area contributed by atoms with Gasteiger partial charge in [0.1, 0.15) is 5.75 Å². The average molecular weight is 356 g/mol. The van der Waals surface area contributed by atoms with Crippen molar-refractivity contribution in [3.05, 3.63) is 65.7 Å². The van der Waals surface area contributed by atoms with E-state index >= 15 is 0 Å². The molecule has 0 unspecified atom stereocenters. The summed E-state index contributed by atoms with van der Waals surface area (Å²) in [6.45, 7) is 2.14. The molecule has 0 heterocycles. The zero-order valence-corrected chi connectivity index (χ0v) is 14.5. The molecule has 7 heteroatoms. The number of benzene rings is 2. The van der Waals surface area contributed by atoms with Crippen LogP contribution in [0.4, 0.5) is 4.79 Å². The molecule has 0 spiro atoms. The second-order valence-electron chi connectivity index (χ2n) is 5.27. The van der Waals surface area contributed by atoms with Gasteiger partial charge in [-0.05, 0) is 31.2 Å². The Kier molecular flexibility index (Phi) is 6.73. The number of ether oxygens (including phenoxy) is 2. The third-order valence-electron chi connectivity index (χ3n) is 3.44. The lowest BCUT2D eigenvalue weighted by Gasteiger charge is -2.19. The van der Waals surface area contributed by atoms with Crippen molar-refractivity contribution in [3.63, 3.8) is 0 Å². The Morgan fingerprint density at radius 3 is 2.23 bits per heavy atom. The first-order valence-electron chi connectivity index (χ1n) is 8.03. The fourth-order valence-electron chi connectivity index (χ4n) is 2.21. The molecular formula is C19H20N2O5. The van der Waals surface area contributed by atoms with Gasteiger partial charge in [-0.2, -0.15) is 0 Å². The molecule has 2 rings (SSSR count). The number of rotatable bonds is 6. The van der Waals surface area contributed by atoms with Gasteiger partial charge >= 0.3 is 12.0 Å².